The number of rotatable bonds is 4. The molecule has 2 aliphatic carbocycles. The summed E-state index contributed by atoms with van der Waals surface area (Å²) in [6.07, 6.45) is 9.19. The van der Waals surface area contributed by atoms with Crippen molar-refractivity contribution >= 4 is 16.5 Å². The maximum Gasteiger partial charge on any atom is 0.185 e. The molecule has 0 aromatic carbocycles. The first-order valence-electron chi connectivity index (χ1n) is 8.64. The molecule has 3 nitrogen and oxygen atoms in total. The molecular weight excluding hydrogens is 278 g/mol. The second-order valence-electron chi connectivity index (χ2n) is 6.83. The molecule has 118 valence electrons. The number of nitrogens with zero attached hydrogens (tertiary/aromatic N) is 2. The Balaban J connectivity index is 1.74. The topological polar surface area (TPSA) is 28.2 Å². The predicted octanol–water partition coefficient (Wildman–Crippen LogP) is 4.14. The van der Waals surface area contributed by atoms with E-state index in [9.17, 15) is 0 Å². The first-order chi connectivity index (χ1) is 10.2. The zero-order valence-electron chi connectivity index (χ0n) is 13.7. The summed E-state index contributed by atoms with van der Waals surface area (Å²) in [6.45, 7) is 5.61. The highest BCUT2D eigenvalue weighted by atomic mass is 32.1. The third-order valence-electron chi connectivity index (χ3n) is 5.23. The summed E-state index contributed by atoms with van der Waals surface area (Å²) in [5.41, 5.74) is 1.35. The van der Waals surface area contributed by atoms with E-state index in [4.69, 9.17) is 4.98 Å². The fourth-order valence-electron chi connectivity index (χ4n) is 3.79. The van der Waals surface area contributed by atoms with Crippen molar-refractivity contribution in [2.45, 2.75) is 70.9 Å². The minimum absolute atomic E-state index is 0.489. The number of thiazole rings is 1. The number of aromatic nitrogens is 1. The molecule has 2 aliphatic rings. The second kappa shape index (κ2) is 6.66. The molecule has 1 aromatic rings. The van der Waals surface area contributed by atoms with E-state index >= 15 is 0 Å². The first-order valence-corrected chi connectivity index (χ1v) is 9.46. The fourth-order valence-corrected chi connectivity index (χ4v) is 4.98. The van der Waals surface area contributed by atoms with Gasteiger partial charge in [0, 0.05) is 18.0 Å². The minimum atomic E-state index is 0.489. The van der Waals surface area contributed by atoms with Crippen molar-refractivity contribution in [1.82, 2.24) is 10.3 Å². The van der Waals surface area contributed by atoms with Crippen molar-refractivity contribution in [2.24, 2.45) is 5.92 Å². The van der Waals surface area contributed by atoms with Crippen LogP contribution in [0.25, 0.3) is 0 Å². The van der Waals surface area contributed by atoms with Gasteiger partial charge in [0.1, 0.15) is 0 Å². The number of nitrogens with one attached hydrogen (secondary N) is 1. The maximum atomic E-state index is 5.03. The van der Waals surface area contributed by atoms with Gasteiger partial charge < -0.3 is 10.2 Å². The Morgan fingerprint density at radius 2 is 2.00 bits per heavy atom. The third kappa shape index (κ3) is 3.26. The summed E-state index contributed by atoms with van der Waals surface area (Å²) >= 11 is 1.94. The summed E-state index contributed by atoms with van der Waals surface area (Å²) in [4.78, 5) is 9.02. The highest BCUT2D eigenvalue weighted by Gasteiger charge is 2.28. The lowest BCUT2D eigenvalue weighted by molar-refractivity contribution is 0.340. The van der Waals surface area contributed by atoms with E-state index in [1.807, 2.05) is 11.3 Å². The van der Waals surface area contributed by atoms with Crippen LogP contribution in [0.4, 0.5) is 5.13 Å². The van der Waals surface area contributed by atoms with Crippen LogP contribution in [0, 0.1) is 5.92 Å². The van der Waals surface area contributed by atoms with E-state index < -0.39 is 0 Å². The highest BCUT2D eigenvalue weighted by Crippen LogP contribution is 2.38. The standard InChI is InChI=1S/C17H29N3S/c1-4-18-14-6-5-7-15-16(14)19-17(21-15)20(3)13-10-8-12(2)9-11-13/h12-14,18H,4-11H2,1-3H3. The van der Waals surface area contributed by atoms with Crippen LogP contribution in [0.15, 0.2) is 0 Å². The first kappa shape index (κ1) is 15.3. The molecule has 3 rings (SSSR count). The lowest BCUT2D eigenvalue weighted by Crippen LogP contribution is -2.34. The smallest absolute Gasteiger partial charge is 0.185 e. The Hall–Kier alpha value is -0.610. The molecule has 1 heterocycles. The highest BCUT2D eigenvalue weighted by molar-refractivity contribution is 7.15. The molecule has 0 aliphatic heterocycles. The van der Waals surface area contributed by atoms with Crippen LogP contribution < -0.4 is 10.2 Å². The zero-order chi connectivity index (χ0) is 14.8. The van der Waals surface area contributed by atoms with E-state index in [1.54, 1.807) is 0 Å². The average molecular weight is 308 g/mol. The van der Waals surface area contributed by atoms with Crippen LogP contribution in [-0.4, -0.2) is 24.6 Å². The normalized spacial score (nSPS) is 29.2. The zero-order valence-corrected chi connectivity index (χ0v) is 14.5. The molecule has 1 aromatic heterocycles. The molecule has 21 heavy (non-hydrogen) atoms. The van der Waals surface area contributed by atoms with Gasteiger partial charge >= 0.3 is 0 Å². The molecular formula is C17H29N3S. The van der Waals surface area contributed by atoms with Crippen molar-refractivity contribution in [1.29, 1.82) is 0 Å². The molecule has 0 amide bonds. The van der Waals surface area contributed by atoms with E-state index in [0.717, 1.165) is 12.5 Å². The van der Waals surface area contributed by atoms with Crippen LogP contribution >= 0.6 is 11.3 Å². The van der Waals surface area contributed by atoms with E-state index in [1.165, 1.54) is 60.6 Å². The van der Waals surface area contributed by atoms with Crippen molar-refractivity contribution in [3.63, 3.8) is 0 Å². The van der Waals surface area contributed by atoms with Gasteiger partial charge in [0.05, 0.1) is 11.7 Å². The van der Waals surface area contributed by atoms with Crippen LogP contribution in [0.5, 0.6) is 0 Å². The van der Waals surface area contributed by atoms with Crippen LogP contribution in [-0.2, 0) is 6.42 Å². The molecule has 0 bridgehead atoms. The van der Waals surface area contributed by atoms with Gasteiger partial charge in [-0.2, -0.15) is 0 Å². The Kier molecular flexibility index (Phi) is 4.85. The summed E-state index contributed by atoms with van der Waals surface area (Å²) < 4.78 is 0. The Morgan fingerprint density at radius 1 is 1.24 bits per heavy atom. The monoisotopic (exact) mass is 307 g/mol. The van der Waals surface area contributed by atoms with Crippen molar-refractivity contribution in [2.75, 3.05) is 18.5 Å². The van der Waals surface area contributed by atoms with E-state index in [0.29, 0.717) is 12.1 Å². The molecule has 1 unspecified atom stereocenters. The number of aryl methyl sites for hydroxylation is 1. The summed E-state index contributed by atoms with van der Waals surface area (Å²) in [5, 5.41) is 4.86. The fraction of sp³-hybridized carbons (Fsp3) is 0.824. The quantitative estimate of drug-likeness (QED) is 0.906. The molecule has 0 radical (unpaired) electrons. The van der Waals surface area contributed by atoms with Gasteiger partial charge in [-0.1, -0.05) is 13.8 Å². The predicted molar refractivity (Wildman–Crippen MR) is 91.3 cm³/mol. The lowest BCUT2D eigenvalue weighted by Gasteiger charge is -2.33. The average Bonchev–Trinajstić information content (AvgIpc) is 2.93. The van der Waals surface area contributed by atoms with Crippen LogP contribution in [0.3, 0.4) is 0 Å². The van der Waals surface area contributed by atoms with Crippen molar-refractivity contribution in [3.05, 3.63) is 10.6 Å². The Labute approximate surface area is 133 Å². The van der Waals surface area contributed by atoms with E-state index in [-0.39, 0.29) is 0 Å². The summed E-state index contributed by atoms with van der Waals surface area (Å²) in [5.74, 6) is 0.914. The molecule has 4 heteroatoms. The van der Waals surface area contributed by atoms with Crippen LogP contribution in [0.1, 0.15) is 69.0 Å². The molecule has 1 saturated carbocycles. The molecule has 0 spiro atoms. The van der Waals surface area contributed by atoms with Gasteiger partial charge in [0.15, 0.2) is 5.13 Å². The number of hydrogen-bond donors (Lipinski definition) is 1. The summed E-state index contributed by atoms with van der Waals surface area (Å²) in [7, 11) is 2.26. The van der Waals surface area contributed by atoms with Gasteiger partial charge in [-0.15, -0.1) is 11.3 Å². The second-order valence-corrected chi connectivity index (χ2v) is 7.89. The number of fused-ring (bicyclic) bond motifs is 1. The van der Waals surface area contributed by atoms with Gasteiger partial charge in [-0.3, -0.25) is 0 Å². The van der Waals surface area contributed by atoms with Crippen LogP contribution in [0.2, 0.25) is 0 Å². The molecule has 1 N–H and O–H groups in total. The van der Waals surface area contributed by atoms with Gasteiger partial charge in [-0.25, -0.2) is 4.98 Å². The van der Waals surface area contributed by atoms with Gasteiger partial charge in [-0.05, 0) is 57.4 Å². The Morgan fingerprint density at radius 3 is 2.71 bits per heavy atom. The SMILES string of the molecule is CCNC1CCCc2sc(N(C)C3CCC(C)CC3)nc21. The molecule has 0 saturated heterocycles. The van der Waals surface area contributed by atoms with Crippen molar-refractivity contribution in [3.8, 4) is 0 Å². The largest absolute Gasteiger partial charge is 0.348 e. The molecule has 1 fully saturated rings. The van der Waals surface area contributed by atoms with Gasteiger partial charge in [0.25, 0.3) is 0 Å². The van der Waals surface area contributed by atoms with E-state index in [2.05, 4.69) is 31.1 Å². The summed E-state index contributed by atoms with van der Waals surface area (Å²) in [6, 6.07) is 1.19. The van der Waals surface area contributed by atoms with Gasteiger partial charge in [0.2, 0.25) is 0 Å². The van der Waals surface area contributed by atoms with Crippen molar-refractivity contribution < 1.29 is 0 Å². The lowest BCUT2D eigenvalue weighted by atomic mass is 9.87. The Bertz CT molecular complexity index is 463. The number of anilines is 1. The number of hydrogen-bond acceptors (Lipinski definition) is 4. The minimum Gasteiger partial charge on any atom is -0.348 e. The maximum absolute atomic E-state index is 5.03. The molecule has 1 atom stereocenters. The third-order valence-corrected chi connectivity index (χ3v) is 6.45.